The first-order chi connectivity index (χ1) is 8.91. The zero-order valence-corrected chi connectivity index (χ0v) is 14.0. The fourth-order valence-corrected chi connectivity index (χ4v) is 3.23. The molecule has 0 saturated heterocycles. The van der Waals surface area contributed by atoms with Gasteiger partial charge in [-0.05, 0) is 38.9 Å². The average Bonchev–Trinajstić information content (AvgIpc) is 2.37. The lowest BCUT2D eigenvalue weighted by Crippen LogP contribution is -2.27. The summed E-state index contributed by atoms with van der Waals surface area (Å²) in [5.74, 6) is -0.320. The predicted molar refractivity (Wildman–Crippen MR) is 82.8 cm³/mol. The van der Waals surface area contributed by atoms with E-state index in [0.717, 1.165) is 12.8 Å². The first-order valence-corrected chi connectivity index (χ1v) is 10.4. The van der Waals surface area contributed by atoms with Gasteiger partial charge in [0.2, 0.25) is 0 Å². The van der Waals surface area contributed by atoms with Gasteiger partial charge in [-0.3, -0.25) is 0 Å². The van der Waals surface area contributed by atoms with Crippen molar-refractivity contribution in [2.24, 2.45) is 0 Å². The average molecular weight is 286 g/mol. The van der Waals surface area contributed by atoms with E-state index in [4.69, 9.17) is 9.16 Å². The van der Waals surface area contributed by atoms with Crippen LogP contribution < -0.4 is 0 Å². The Labute approximate surface area is 119 Å². The smallest absolute Gasteiger partial charge is 0.330 e. The fraction of sp³-hybridized carbons (Fsp3) is 0.800. The van der Waals surface area contributed by atoms with Crippen molar-refractivity contribution in [3.05, 3.63) is 12.7 Å². The normalized spacial score (nSPS) is 13.1. The standard InChI is InChI=1S/C15H30O3Si/c1-6-15(16)18-14(2)12-10-8-7-9-11-13-19(4,5)17-3/h6,14H,1,7-13H2,2-5H3. The van der Waals surface area contributed by atoms with Crippen LogP contribution in [-0.4, -0.2) is 27.5 Å². The van der Waals surface area contributed by atoms with E-state index >= 15 is 0 Å². The van der Waals surface area contributed by atoms with Crippen LogP contribution in [0.4, 0.5) is 0 Å². The number of carbonyl (C=O) groups is 1. The van der Waals surface area contributed by atoms with E-state index < -0.39 is 8.32 Å². The minimum absolute atomic E-state index is 0.00494. The number of carbonyl (C=O) groups excluding carboxylic acids is 1. The molecule has 0 aliphatic carbocycles. The van der Waals surface area contributed by atoms with Crippen molar-refractivity contribution in [3.63, 3.8) is 0 Å². The molecule has 0 aromatic carbocycles. The highest BCUT2D eigenvalue weighted by Crippen LogP contribution is 2.16. The van der Waals surface area contributed by atoms with Crippen LogP contribution in [0.25, 0.3) is 0 Å². The lowest BCUT2D eigenvalue weighted by Gasteiger charge is -2.19. The third kappa shape index (κ3) is 11.0. The predicted octanol–water partition coefficient (Wildman–Crippen LogP) is 4.30. The second kappa shape index (κ2) is 10.2. The van der Waals surface area contributed by atoms with Crippen molar-refractivity contribution in [2.45, 2.75) is 70.7 Å². The summed E-state index contributed by atoms with van der Waals surface area (Å²) in [4.78, 5) is 11.0. The van der Waals surface area contributed by atoms with E-state index in [1.807, 2.05) is 14.0 Å². The van der Waals surface area contributed by atoms with Crippen LogP contribution in [0, 0.1) is 0 Å². The van der Waals surface area contributed by atoms with E-state index in [0.29, 0.717) is 0 Å². The molecule has 0 aromatic heterocycles. The summed E-state index contributed by atoms with van der Waals surface area (Å²) in [6.45, 7) is 9.86. The van der Waals surface area contributed by atoms with Crippen LogP contribution in [0.15, 0.2) is 12.7 Å². The highest BCUT2D eigenvalue weighted by atomic mass is 28.4. The Morgan fingerprint density at radius 1 is 1.21 bits per heavy atom. The summed E-state index contributed by atoms with van der Waals surface area (Å²) in [5.41, 5.74) is 0. The van der Waals surface area contributed by atoms with Gasteiger partial charge in [-0.25, -0.2) is 4.79 Å². The molecule has 19 heavy (non-hydrogen) atoms. The maximum atomic E-state index is 11.0. The van der Waals surface area contributed by atoms with Crippen LogP contribution >= 0.6 is 0 Å². The SMILES string of the molecule is C=CC(=O)OC(C)CCCCCCC[Si](C)(C)OC. The first-order valence-electron chi connectivity index (χ1n) is 7.29. The van der Waals surface area contributed by atoms with Crippen LogP contribution in [0.1, 0.15) is 45.4 Å². The van der Waals surface area contributed by atoms with E-state index in [-0.39, 0.29) is 12.1 Å². The summed E-state index contributed by atoms with van der Waals surface area (Å²) >= 11 is 0. The molecular weight excluding hydrogens is 256 g/mol. The third-order valence-electron chi connectivity index (χ3n) is 3.43. The molecule has 0 aliphatic heterocycles. The zero-order valence-electron chi connectivity index (χ0n) is 13.0. The van der Waals surface area contributed by atoms with Crippen LogP contribution in [0.5, 0.6) is 0 Å². The molecule has 0 bridgehead atoms. The van der Waals surface area contributed by atoms with Gasteiger partial charge in [-0.1, -0.05) is 32.3 Å². The molecule has 3 nitrogen and oxygen atoms in total. The molecule has 0 spiro atoms. The highest BCUT2D eigenvalue weighted by Gasteiger charge is 2.19. The quantitative estimate of drug-likeness (QED) is 0.246. The molecule has 1 atom stereocenters. The molecule has 112 valence electrons. The molecule has 0 N–H and O–H groups in total. The van der Waals surface area contributed by atoms with E-state index in [1.165, 1.54) is 37.8 Å². The van der Waals surface area contributed by atoms with Gasteiger partial charge in [-0.15, -0.1) is 0 Å². The molecular formula is C15H30O3Si. The number of esters is 1. The maximum absolute atomic E-state index is 11.0. The summed E-state index contributed by atoms with van der Waals surface area (Å²) in [6, 6.07) is 1.25. The van der Waals surface area contributed by atoms with Crippen molar-refractivity contribution >= 4 is 14.3 Å². The largest absolute Gasteiger partial charge is 0.460 e. The molecule has 0 radical (unpaired) electrons. The first kappa shape index (κ1) is 18.4. The number of rotatable bonds is 11. The second-order valence-corrected chi connectivity index (χ2v) is 10.1. The number of unbranched alkanes of at least 4 members (excludes halogenated alkanes) is 4. The number of ether oxygens (including phenoxy) is 1. The summed E-state index contributed by atoms with van der Waals surface area (Å²) < 4.78 is 10.6. The minimum Gasteiger partial charge on any atom is -0.460 e. The fourth-order valence-electron chi connectivity index (χ4n) is 1.92. The van der Waals surface area contributed by atoms with Crippen molar-refractivity contribution in [3.8, 4) is 0 Å². The number of hydrogen-bond acceptors (Lipinski definition) is 3. The lowest BCUT2D eigenvalue weighted by molar-refractivity contribution is -0.142. The highest BCUT2D eigenvalue weighted by molar-refractivity contribution is 6.71. The van der Waals surface area contributed by atoms with Gasteiger partial charge in [0, 0.05) is 13.2 Å². The molecule has 0 heterocycles. The second-order valence-electron chi connectivity index (χ2n) is 5.72. The minimum atomic E-state index is -1.35. The Morgan fingerprint density at radius 3 is 2.37 bits per heavy atom. The Hall–Kier alpha value is -0.613. The van der Waals surface area contributed by atoms with Gasteiger partial charge in [-0.2, -0.15) is 0 Å². The maximum Gasteiger partial charge on any atom is 0.330 e. The van der Waals surface area contributed by atoms with Gasteiger partial charge < -0.3 is 9.16 Å². The molecule has 4 heteroatoms. The number of hydrogen-bond donors (Lipinski definition) is 0. The molecule has 0 saturated carbocycles. The van der Waals surface area contributed by atoms with E-state index in [2.05, 4.69) is 19.7 Å². The van der Waals surface area contributed by atoms with Gasteiger partial charge in [0.1, 0.15) is 0 Å². The summed E-state index contributed by atoms with van der Waals surface area (Å²) in [6.07, 6.45) is 8.31. The monoisotopic (exact) mass is 286 g/mol. The van der Waals surface area contributed by atoms with Gasteiger partial charge >= 0.3 is 5.97 Å². The van der Waals surface area contributed by atoms with Crippen molar-refractivity contribution in [1.29, 1.82) is 0 Å². The molecule has 0 fully saturated rings. The molecule has 0 aromatic rings. The van der Waals surface area contributed by atoms with Crippen molar-refractivity contribution in [2.75, 3.05) is 7.11 Å². The van der Waals surface area contributed by atoms with Crippen molar-refractivity contribution < 1.29 is 14.0 Å². The molecule has 0 aliphatic rings. The van der Waals surface area contributed by atoms with Gasteiger partial charge in [0.05, 0.1) is 6.10 Å². The third-order valence-corrected chi connectivity index (χ3v) is 6.09. The van der Waals surface area contributed by atoms with Crippen molar-refractivity contribution in [1.82, 2.24) is 0 Å². The van der Waals surface area contributed by atoms with E-state index in [9.17, 15) is 4.79 Å². The Kier molecular flexibility index (Phi) is 9.88. The molecule has 1 unspecified atom stereocenters. The summed E-state index contributed by atoms with van der Waals surface area (Å²) in [5, 5.41) is 0. The van der Waals surface area contributed by atoms with Gasteiger partial charge in [0.15, 0.2) is 8.32 Å². The molecule has 0 rings (SSSR count). The van der Waals surface area contributed by atoms with Gasteiger partial charge in [0.25, 0.3) is 0 Å². The van der Waals surface area contributed by atoms with Crippen LogP contribution in [0.3, 0.4) is 0 Å². The Balaban J connectivity index is 3.41. The Morgan fingerprint density at radius 2 is 1.79 bits per heavy atom. The van der Waals surface area contributed by atoms with Crippen LogP contribution in [0.2, 0.25) is 19.1 Å². The van der Waals surface area contributed by atoms with Crippen LogP contribution in [-0.2, 0) is 14.0 Å². The zero-order chi connectivity index (χ0) is 14.7. The molecule has 0 amide bonds. The Bertz CT molecular complexity index is 264. The lowest BCUT2D eigenvalue weighted by atomic mass is 10.1. The topological polar surface area (TPSA) is 35.5 Å². The summed E-state index contributed by atoms with van der Waals surface area (Å²) in [7, 11) is 0.478. The van der Waals surface area contributed by atoms with E-state index in [1.54, 1.807) is 0 Å².